The van der Waals surface area contributed by atoms with Crippen LogP contribution in [0.2, 0.25) is 0 Å². The molecular formula is C58H86O5. The predicted octanol–water partition coefficient (Wildman–Crippen LogP) is 16.5. The molecule has 0 radical (unpaired) electrons. The van der Waals surface area contributed by atoms with Crippen LogP contribution in [0.4, 0.5) is 0 Å². The van der Waals surface area contributed by atoms with Crippen molar-refractivity contribution in [3.63, 3.8) is 0 Å². The van der Waals surface area contributed by atoms with E-state index >= 15 is 0 Å². The van der Waals surface area contributed by atoms with Gasteiger partial charge in [-0.25, -0.2) is 0 Å². The van der Waals surface area contributed by atoms with Gasteiger partial charge >= 0.3 is 11.9 Å². The zero-order valence-corrected chi connectivity index (χ0v) is 39.8. The van der Waals surface area contributed by atoms with Crippen LogP contribution in [0.1, 0.15) is 210 Å². The molecule has 0 saturated heterocycles. The Morgan fingerprint density at radius 2 is 0.810 bits per heavy atom. The van der Waals surface area contributed by atoms with E-state index in [1.165, 1.54) is 103 Å². The van der Waals surface area contributed by atoms with E-state index < -0.39 is 11.7 Å². The van der Waals surface area contributed by atoms with Gasteiger partial charge in [0, 0.05) is 12.8 Å². The van der Waals surface area contributed by atoms with Crippen LogP contribution in [-0.4, -0.2) is 31.3 Å². The second-order valence-corrected chi connectivity index (χ2v) is 17.6. The molecule has 1 atom stereocenters. The first kappa shape index (κ1) is 53.4. The first-order valence-electron chi connectivity index (χ1n) is 25.6. The molecule has 0 amide bonds. The maximum Gasteiger partial charge on any atom is 0.306 e. The molecule has 348 valence electrons. The summed E-state index contributed by atoms with van der Waals surface area (Å²) in [5.74, 6) is -0.530. The fraction of sp³-hybridized carbons (Fsp3) is 0.586. The van der Waals surface area contributed by atoms with E-state index in [2.05, 4.69) is 74.5 Å². The molecule has 3 aromatic rings. The summed E-state index contributed by atoms with van der Waals surface area (Å²) in [6, 6.07) is 30.5. The highest BCUT2D eigenvalue weighted by atomic mass is 16.6. The van der Waals surface area contributed by atoms with Crippen LogP contribution in [0.25, 0.3) is 0 Å². The Balaban J connectivity index is 1.49. The van der Waals surface area contributed by atoms with Crippen LogP contribution < -0.4 is 0 Å². The van der Waals surface area contributed by atoms with E-state index in [9.17, 15) is 9.59 Å². The maximum absolute atomic E-state index is 13.4. The normalized spacial score (nSPS) is 12.3. The smallest absolute Gasteiger partial charge is 0.306 e. The highest BCUT2D eigenvalue weighted by Gasteiger charge is 2.38. The van der Waals surface area contributed by atoms with Gasteiger partial charge in [-0.2, -0.15) is 0 Å². The largest absolute Gasteiger partial charge is 0.462 e. The van der Waals surface area contributed by atoms with Crippen LogP contribution >= 0.6 is 0 Å². The van der Waals surface area contributed by atoms with Crippen molar-refractivity contribution in [2.75, 3.05) is 13.2 Å². The number of unbranched alkanes of at least 4 members (excludes halogenated alkanes) is 22. The summed E-state index contributed by atoms with van der Waals surface area (Å²) in [4.78, 5) is 26.4. The zero-order chi connectivity index (χ0) is 44.7. The highest BCUT2D eigenvalue weighted by Crippen LogP contribution is 2.40. The summed E-state index contributed by atoms with van der Waals surface area (Å²) in [5.41, 5.74) is 1.90. The van der Waals surface area contributed by atoms with Crippen LogP contribution in [0.15, 0.2) is 115 Å². The predicted molar refractivity (Wildman–Crippen MR) is 265 cm³/mol. The molecular weight excluding hydrogens is 777 g/mol. The van der Waals surface area contributed by atoms with E-state index in [4.69, 9.17) is 14.2 Å². The number of benzene rings is 3. The molecule has 0 saturated carbocycles. The fourth-order valence-corrected chi connectivity index (χ4v) is 8.33. The van der Waals surface area contributed by atoms with Crippen LogP contribution in [0, 0.1) is 0 Å². The Kier molecular flexibility index (Phi) is 30.8. The van der Waals surface area contributed by atoms with Gasteiger partial charge in [0.05, 0.1) is 6.61 Å². The second-order valence-electron chi connectivity index (χ2n) is 17.6. The van der Waals surface area contributed by atoms with Crippen LogP contribution in [0.5, 0.6) is 0 Å². The Labute approximate surface area is 384 Å². The van der Waals surface area contributed by atoms with Crippen molar-refractivity contribution in [2.45, 2.75) is 205 Å². The Morgan fingerprint density at radius 1 is 0.444 bits per heavy atom. The molecule has 0 fully saturated rings. The van der Waals surface area contributed by atoms with E-state index in [1.807, 2.05) is 54.6 Å². The average molecular weight is 863 g/mol. The molecule has 0 aliphatic rings. The summed E-state index contributed by atoms with van der Waals surface area (Å²) in [6.07, 6.45) is 40.6. The van der Waals surface area contributed by atoms with Gasteiger partial charge in [0.1, 0.15) is 12.2 Å². The maximum atomic E-state index is 13.4. The molecule has 0 N–H and O–H groups in total. The first-order valence-corrected chi connectivity index (χ1v) is 25.6. The summed E-state index contributed by atoms with van der Waals surface area (Å²) in [5, 5.41) is 0. The molecule has 0 bridgehead atoms. The fourth-order valence-electron chi connectivity index (χ4n) is 8.33. The molecule has 5 heteroatoms. The van der Waals surface area contributed by atoms with Crippen LogP contribution in [-0.2, 0) is 29.4 Å². The molecule has 3 rings (SSSR count). The van der Waals surface area contributed by atoms with Crippen molar-refractivity contribution in [3.8, 4) is 0 Å². The molecule has 0 aliphatic carbocycles. The van der Waals surface area contributed by atoms with Crippen molar-refractivity contribution in [1.82, 2.24) is 0 Å². The van der Waals surface area contributed by atoms with Crippen LogP contribution in [0.3, 0.4) is 0 Å². The number of allylic oxidation sites excluding steroid dienone is 4. The summed E-state index contributed by atoms with van der Waals surface area (Å²) >= 11 is 0. The monoisotopic (exact) mass is 863 g/mol. The third-order valence-electron chi connectivity index (χ3n) is 12.1. The van der Waals surface area contributed by atoms with Gasteiger partial charge in [-0.05, 0) is 61.6 Å². The van der Waals surface area contributed by atoms with Gasteiger partial charge in [0.2, 0.25) is 0 Å². The minimum atomic E-state index is -0.980. The second kappa shape index (κ2) is 36.4. The standard InChI is InChI=1S/C58H86O5/c1-3-5-7-9-11-13-15-17-19-21-23-25-27-29-40-48-56(59)61-50-55(63-57(60)49-41-30-28-26-24-22-20-18-16-14-12-10-8-6-4-2)51-62-58(52-42-34-31-35-43-52,53-44-36-32-37-45-53)54-46-38-33-39-47-54/h12,14,18,20,31-39,42-47,55H,3-11,13,15-17,19,21-30,40-41,48-51H2,1-2H3/b14-12-,20-18-/t55-/m0/s1. The minimum Gasteiger partial charge on any atom is -0.462 e. The number of rotatable bonds is 39. The lowest BCUT2D eigenvalue weighted by Gasteiger charge is -2.37. The number of ether oxygens (including phenoxy) is 3. The van der Waals surface area contributed by atoms with Gasteiger partial charge in [0.15, 0.2) is 6.10 Å². The van der Waals surface area contributed by atoms with E-state index in [0.717, 1.165) is 80.9 Å². The van der Waals surface area contributed by atoms with E-state index in [1.54, 1.807) is 0 Å². The third-order valence-corrected chi connectivity index (χ3v) is 12.1. The molecule has 0 aliphatic heterocycles. The quantitative estimate of drug-likeness (QED) is 0.0247. The number of carbonyl (C=O) groups excluding carboxylic acids is 2. The molecule has 63 heavy (non-hydrogen) atoms. The van der Waals surface area contributed by atoms with E-state index in [0.29, 0.717) is 12.8 Å². The average Bonchev–Trinajstić information content (AvgIpc) is 3.31. The highest BCUT2D eigenvalue weighted by molar-refractivity contribution is 5.70. The van der Waals surface area contributed by atoms with E-state index in [-0.39, 0.29) is 25.2 Å². The molecule has 5 nitrogen and oxygen atoms in total. The number of carbonyl (C=O) groups is 2. The van der Waals surface area contributed by atoms with Gasteiger partial charge in [-0.3, -0.25) is 9.59 Å². The molecule has 0 aromatic heterocycles. The summed E-state index contributed by atoms with van der Waals surface area (Å²) < 4.78 is 19.0. The molecule has 0 unspecified atom stereocenters. The van der Waals surface area contributed by atoms with Gasteiger partial charge in [0.25, 0.3) is 0 Å². The van der Waals surface area contributed by atoms with Crippen molar-refractivity contribution >= 4 is 11.9 Å². The molecule has 0 heterocycles. The Bertz CT molecular complexity index is 1490. The van der Waals surface area contributed by atoms with Crippen molar-refractivity contribution in [2.24, 2.45) is 0 Å². The van der Waals surface area contributed by atoms with Gasteiger partial charge < -0.3 is 14.2 Å². The zero-order valence-electron chi connectivity index (χ0n) is 39.8. The summed E-state index contributed by atoms with van der Waals surface area (Å²) in [6.45, 7) is 4.53. The third kappa shape index (κ3) is 24.1. The van der Waals surface area contributed by atoms with Gasteiger partial charge in [-0.1, -0.05) is 251 Å². The lowest BCUT2D eigenvalue weighted by Crippen LogP contribution is -2.38. The Morgan fingerprint density at radius 3 is 1.25 bits per heavy atom. The SMILES string of the molecule is CCCCC/C=C\C/C=C\CCCCCCCC(=O)O[C@@H](COC(=O)CCCCCCCCCCCCCCCCC)COC(c1ccccc1)(c1ccccc1)c1ccccc1. The molecule has 0 spiro atoms. The molecule has 3 aromatic carbocycles. The lowest BCUT2D eigenvalue weighted by atomic mass is 9.80. The number of hydrogen-bond donors (Lipinski definition) is 0. The minimum absolute atomic E-state index is 0.0417. The van der Waals surface area contributed by atoms with Crippen molar-refractivity contribution < 1.29 is 23.8 Å². The lowest BCUT2D eigenvalue weighted by molar-refractivity contribution is -0.165. The van der Waals surface area contributed by atoms with Crippen molar-refractivity contribution in [1.29, 1.82) is 0 Å². The number of esters is 2. The Hall–Kier alpha value is -3.96. The summed E-state index contributed by atoms with van der Waals surface area (Å²) in [7, 11) is 0. The van der Waals surface area contributed by atoms with Gasteiger partial charge in [-0.15, -0.1) is 0 Å². The topological polar surface area (TPSA) is 61.8 Å². The van der Waals surface area contributed by atoms with Crippen molar-refractivity contribution in [3.05, 3.63) is 132 Å². The number of hydrogen-bond acceptors (Lipinski definition) is 5. The first-order chi connectivity index (χ1) is 31.1.